The van der Waals surface area contributed by atoms with E-state index in [9.17, 15) is 0 Å². The summed E-state index contributed by atoms with van der Waals surface area (Å²) in [6.07, 6.45) is 1.82. The molecule has 0 amide bonds. The maximum atomic E-state index is 6.15. The molecule has 0 bridgehead atoms. The largest absolute Gasteiger partial charge is 0.322 e. The lowest BCUT2D eigenvalue weighted by molar-refractivity contribution is 0.591. The zero-order valence-corrected chi connectivity index (χ0v) is 11.8. The first kappa shape index (κ1) is 13.1. The highest BCUT2D eigenvalue weighted by Crippen LogP contribution is 2.25. The Morgan fingerprint density at radius 1 is 1.60 bits per heavy atom. The predicted molar refractivity (Wildman–Crippen MR) is 70.1 cm³/mol. The summed E-state index contributed by atoms with van der Waals surface area (Å²) in [6, 6.07) is 0.0502. The zero-order chi connectivity index (χ0) is 11.4. The summed E-state index contributed by atoms with van der Waals surface area (Å²) >= 11 is 5.37. The van der Waals surface area contributed by atoms with E-state index in [-0.39, 0.29) is 6.04 Å². The van der Waals surface area contributed by atoms with Gasteiger partial charge in [0.15, 0.2) is 0 Å². The van der Waals surface area contributed by atoms with Crippen molar-refractivity contribution in [3.8, 4) is 0 Å². The molecular formula is C10H18BrN3S. The first-order valence-electron chi connectivity index (χ1n) is 5.14. The fraction of sp³-hybridized carbons (Fsp3) is 0.700. The van der Waals surface area contributed by atoms with Crippen molar-refractivity contribution in [3.05, 3.63) is 16.4 Å². The minimum absolute atomic E-state index is 0.0502. The van der Waals surface area contributed by atoms with Crippen molar-refractivity contribution < 1.29 is 0 Å². The normalized spacial score (nSPS) is 13.5. The molecule has 1 rings (SSSR count). The average molecular weight is 292 g/mol. The summed E-state index contributed by atoms with van der Waals surface area (Å²) in [5.74, 6) is 0.932. The smallest absolute Gasteiger partial charge is 0.0701 e. The summed E-state index contributed by atoms with van der Waals surface area (Å²) < 4.78 is 2.97. The van der Waals surface area contributed by atoms with E-state index in [1.165, 1.54) is 0 Å². The number of halogens is 1. The van der Waals surface area contributed by atoms with Gasteiger partial charge in [0.2, 0.25) is 0 Å². The molecular weight excluding hydrogens is 274 g/mol. The van der Waals surface area contributed by atoms with Gasteiger partial charge in [-0.2, -0.15) is 16.9 Å². The Kier molecular flexibility index (Phi) is 5.15. The minimum atomic E-state index is 0.0502. The van der Waals surface area contributed by atoms with Crippen molar-refractivity contribution in [2.24, 2.45) is 5.73 Å². The number of nitrogens with zero attached hydrogens (tertiary/aromatic N) is 2. The molecule has 1 heterocycles. The second kappa shape index (κ2) is 5.92. The van der Waals surface area contributed by atoms with Crippen molar-refractivity contribution >= 4 is 27.7 Å². The van der Waals surface area contributed by atoms with E-state index < -0.39 is 0 Å². The van der Waals surface area contributed by atoms with Crippen molar-refractivity contribution in [1.82, 2.24) is 9.78 Å². The van der Waals surface area contributed by atoms with Crippen LogP contribution in [0, 0.1) is 0 Å². The van der Waals surface area contributed by atoms with Gasteiger partial charge in [0.05, 0.1) is 22.4 Å². The lowest BCUT2D eigenvalue weighted by Crippen LogP contribution is -2.19. The number of hydrogen-bond acceptors (Lipinski definition) is 3. The van der Waals surface area contributed by atoms with E-state index in [0.717, 1.165) is 22.5 Å². The number of rotatable bonds is 5. The van der Waals surface area contributed by atoms with Gasteiger partial charge in [-0.15, -0.1) is 0 Å². The van der Waals surface area contributed by atoms with Gasteiger partial charge in [0.25, 0.3) is 0 Å². The number of hydrogen-bond donors (Lipinski definition) is 1. The van der Waals surface area contributed by atoms with E-state index in [1.54, 1.807) is 0 Å². The molecule has 5 heteroatoms. The summed E-state index contributed by atoms with van der Waals surface area (Å²) in [7, 11) is 0. The van der Waals surface area contributed by atoms with Crippen LogP contribution in [-0.2, 0) is 6.54 Å². The molecule has 0 aliphatic rings. The van der Waals surface area contributed by atoms with Gasteiger partial charge in [0.1, 0.15) is 0 Å². The molecule has 0 spiro atoms. The molecule has 0 aromatic carbocycles. The summed E-state index contributed by atoms with van der Waals surface area (Å²) in [5.41, 5.74) is 7.26. The molecule has 1 atom stereocenters. The lowest BCUT2D eigenvalue weighted by Gasteiger charge is -2.15. The Hall–Kier alpha value is -0.0000000000000000555. The van der Waals surface area contributed by atoms with Crippen LogP contribution in [0.15, 0.2) is 10.7 Å². The van der Waals surface area contributed by atoms with Gasteiger partial charge < -0.3 is 5.73 Å². The Morgan fingerprint density at radius 2 is 2.27 bits per heavy atom. The van der Waals surface area contributed by atoms with Crippen LogP contribution in [0.4, 0.5) is 0 Å². The topological polar surface area (TPSA) is 43.8 Å². The molecule has 0 fully saturated rings. The minimum Gasteiger partial charge on any atom is -0.322 e. The molecule has 1 aromatic rings. The molecule has 0 radical (unpaired) electrons. The fourth-order valence-electron chi connectivity index (χ4n) is 1.37. The lowest BCUT2D eigenvalue weighted by atomic mass is 10.2. The predicted octanol–water partition coefficient (Wildman–Crippen LogP) is 2.81. The molecule has 0 saturated carbocycles. The van der Waals surface area contributed by atoms with Crippen LogP contribution in [0.2, 0.25) is 0 Å². The third kappa shape index (κ3) is 3.50. The molecule has 0 saturated heterocycles. The highest BCUT2D eigenvalue weighted by Gasteiger charge is 2.16. The van der Waals surface area contributed by atoms with Crippen LogP contribution in [-0.4, -0.2) is 20.8 Å². The van der Waals surface area contributed by atoms with Crippen LogP contribution in [0.25, 0.3) is 0 Å². The molecule has 1 aromatic heterocycles. The van der Waals surface area contributed by atoms with Crippen LogP contribution in [0.5, 0.6) is 0 Å². The Balaban J connectivity index is 2.71. The Labute approximate surface area is 104 Å². The van der Waals surface area contributed by atoms with Crippen molar-refractivity contribution in [3.63, 3.8) is 0 Å². The van der Waals surface area contributed by atoms with E-state index in [0.29, 0.717) is 5.25 Å². The second-order valence-electron chi connectivity index (χ2n) is 3.68. The maximum Gasteiger partial charge on any atom is 0.0701 e. The number of thioether (sulfide) groups is 1. The highest BCUT2D eigenvalue weighted by atomic mass is 79.9. The third-order valence-electron chi connectivity index (χ3n) is 2.09. The van der Waals surface area contributed by atoms with Crippen LogP contribution in [0.1, 0.15) is 32.5 Å². The van der Waals surface area contributed by atoms with Crippen molar-refractivity contribution in [1.29, 1.82) is 0 Å². The second-order valence-corrected chi connectivity index (χ2v) is 6.15. The standard InChI is InChI=1S/C10H18BrN3S/c1-4-14-10(8(11)5-13-14)9(12)6-15-7(2)3/h5,7,9H,4,6,12H2,1-3H3. The summed E-state index contributed by atoms with van der Waals surface area (Å²) in [5, 5.41) is 4.88. The van der Waals surface area contributed by atoms with Crippen molar-refractivity contribution in [2.45, 2.75) is 38.6 Å². The van der Waals surface area contributed by atoms with E-state index >= 15 is 0 Å². The Morgan fingerprint density at radius 3 is 2.80 bits per heavy atom. The molecule has 0 aliphatic heterocycles. The van der Waals surface area contributed by atoms with Crippen LogP contribution in [0.3, 0.4) is 0 Å². The summed E-state index contributed by atoms with van der Waals surface area (Å²) in [4.78, 5) is 0. The highest BCUT2D eigenvalue weighted by molar-refractivity contribution is 9.10. The molecule has 86 valence electrons. The van der Waals surface area contributed by atoms with Gasteiger partial charge in [-0.05, 0) is 28.1 Å². The maximum absolute atomic E-state index is 6.15. The third-order valence-corrected chi connectivity index (χ3v) is 3.92. The van der Waals surface area contributed by atoms with Crippen LogP contribution < -0.4 is 5.73 Å². The van der Waals surface area contributed by atoms with E-state index in [1.807, 2.05) is 22.6 Å². The molecule has 1 unspecified atom stereocenters. The monoisotopic (exact) mass is 291 g/mol. The molecule has 2 N–H and O–H groups in total. The quantitative estimate of drug-likeness (QED) is 0.907. The molecule has 0 aliphatic carbocycles. The number of nitrogens with two attached hydrogens (primary N) is 1. The number of aryl methyl sites for hydroxylation is 1. The molecule has 15 heavy (non-hydrogen) atoms. The van der Waals surface area contributed by atoms with Gasteiger partial charge >= 0.3 is 0 Å². The Bertz CT molecular complexity index is 312. The first-order valence-corrected chi connectivity index (χ1v) is 6.98. The van der Waals surface area contributed by atoms with Gasteiger partial charge in [-0.25, -0.2) is 0 Å². The first-order chi connectivity index (χ1) is 7.06. The number of aromatic nitrogens is 2. The summed E-state index contributed by atoms with van der Waals surface area (Å²) in [6.45, 7) is 7.30. The fourth-order valence-corrected chi connectivity index (χ4v) is 2.71. The van der Waals surface area contributed by atoms with Gasteiger partial charge in [0, 0.05) is 12.3 Å². The average Bonchev–Trinajstić information content (AvgIpc) is 2.56. The van der Waals surface area contributed by atoms with E-state index in [2.05, 4.69) is 41.8 Å². The van der Waals surface area contributed by atoms with Crippen LogP contribution >= 0.6 is 27.7 Å². The SMILES string of the molecule is CCn1ncc(Br)c1C(N)CSC(C)C. The van der Waals surface area contributed by atoms with Gasteiger partial charge in [-0.3, -0.25) is 4.68 Å². The zero-order valence-electron chi connectivity index (χ0n) is 9.40. The molecule has 3 nitrogen and oxygen atoms in total. The van der Waals surface area contributed by atoms with Crippen molar-refractivity contribution in [2.75, 3.05) is 5.75 Å². The van der Waals surface area contributed by atoms with Gasteiger partial charge in [-0.1, -0.05) is 13.8 Å². The van der Waals surface area contributed by atoms with E-state index in [4.69, 9.17) is 5.73 Å².